The minimum absolute atomic E-state index is 0.110. The van der Waals surface area contributed by atoms with Gasteiger partial charge in [-0.05, 0) is 25.2 Å². The van der Waals surface area contributed by atoms with E-state index in [-0.39, 0.29) is 6.10 Å². The van der Waals surface area contributed by atoms with E-state index in [4.69, 9.17) is 0 Å². The van der Waals surface area contributed by atoms with Gasteiger partial charge < -0.3 is 10.4 Å². The van der Waals surface area contributed by atoms with Crippen LogP contribution in [0, 0.1) is 5.92 Å². The van der Waals surface area contributed by atoms with Crippen LogP contribution in [0.2, 0.25) is 0 Å². The Bertz CT molecular complexity index is 193. The second-order valence-electron chi connectivity index (χ2n) is 6.14. The fourth-order valence-electron chi connectivity index (χ4n) is 3.50. The monoisotopic (exact) mass is 239 g/mol. The molecule has 0 bridgehead atoms. The van der Waals surface area contributed by atoms with E-state index in [0.29, 0.717) is 6.04 Å². The molecule has 100 valence electrons. The van der Waals surface area contributed by atoms with E-state index < -0.39 is 0 Å². The number of aliphatic hydroxyl groups excluding tert-OH is 1. The zero-order valence-electron chi connectivity index (χ0n) is 11.2. The maximum Gasteiger partial charge on any atom is 0.0667 e. The minimum Gasteiger partial charge on any atom is -0.392 e. The van der Waals surface area contributed by atoms with Crippen molar-refractivity contribution in [3.63, 3.8) is 0 Å². The summed E-state index contributed by atoms with van der Waals surface area (Å²) in [6, 6.07) is 0.677. The predicted molar refractivity (Wildman–Crippen MR) is 72.1 cm³/mol. The van der Waals surface area contributed by atoms with Crippen LogP contribution in [0.25, 0.3) is 0 Å². The Hall–Kier alpha value is -0.0800. The highest BCUT2D eigenvalue weighted by atomic mass is 16.3. The molecule has 1 atom stereocenters. The van der Waals surface area contributed by atoms with Crippen LogP contribution < -0.4 is 5.32 Å². The fraction of sp³-hybridized carbons (Fsp3) is 1.00. The molecule has 2 aliphatic carbocycles. The molecular weight excluding hydrogens is 210 g/mol. The van der Waals surface area contributed by atoms with Crippen LogP contribution in [0.1, 0.15) is 70.6 Å². The summed E-state index contributed by atoms with van der Waals surface area (Å²) in [6.45, 7) is 0.821. The van der Waals surface area contributed by atoms with Crippen molar-refractivity contribution in [3.8, 4) is 0 Å². The summed E-state index contributed by atoms with van der Waals surface area (Å²) in [7, 11) is 0. The van der Waals surface area contributed by atoms with Crippen LogP contribution in [-0.2, 0) is 0 Å². The van der Waals surface area contributed by atoms with Gasteiger partial charge in [0.05, 0.1) is 6.10 Å². The van der Waals surface area contributed by atoms with Crippen LogP contribution in [0.3, 0.4) is 0 Å². The molecule has 17 heavy (non-hydrogen) atoms. The second kappa shape index (κ2) is 7.38. The molecule has 2 aliphatic rings. The van der Waals surface area contributed by atoms with Crippen LogP contribution in [0.5, 0.6) is 0 Å². The third-order valence-electron chi connectivity index (χ3n) is 4.58. The minimum atomic E-state index is -0.110. The quantitative estimate of drug-likeness (QED) is 0.722. The first-order valence-corrected chi connectivity index (χ1v) is 7.76. The largest absolute Gasteiger partial charge is 0.392 e. The van der Waals surface area contributed by atoms with Gasteiger partial charge in [0.2, 0.25) is 0 Å². The van der Waals surface area contributed by atoms with E-state index in [9.17, 15) is 5.11 Å². The summed E-state index contributed by atoms with van der Waals surface area (Å²) in [4.78, 5) is 0. The summed E-state index contributed by atoms with van der Waals surface area (Å²) in [5, 5.41) is 13.6. The molecule has 2 N–H and O–H groups in total. The molecule has 2 fully saturated rings. The van der Waals surface area contributed by atoms with Crippen LogP contribution in [0.15, 0.2) is 0 Å². The summed E-state index contributed by atoms with van der Waals surface area (Å²) in [5.74, 6) is 0.806. The van der Waals surface area contributed by atoms with Crippen molar-refractivity contribution in [1.82, 2.24) is 5.32 Å². The highest BCUT2D eigenvalue weighted by molar-refractivity contribution is 4.75. The van der Waals surface area contributed by atoms with Crippen molar-refractivity contribution >= 4 is 0 Å². The average Bonchev–Trinajstić information content (AvgIpc) is 2.68. The van der Waals surface area contributed by atoms with Crippen molar-refractivity contribution in [2.24, 2.45) is 5.92 Å². The SMILES string of the molecule is OC(CNC1CCCCCC1)CC1CCCC1. The summed E-state index contributed by atoms with van der Waals surface area (Å²) in [5.41, 5.74) is 0. The molecule has 2 nitrogen and oxygen atoms in total. The van der Waals surface area contributed by atoms with Gasteiger partial charge in [-0.15, -0.1) is 0 Å². The molecule has 0 aromatic rings. The normalized spacial score (nSPS) is 25.9. The van der Waals surface area contributed by atoms with E-state index in [1.54, 1.807) is 0 Å². The Labute approximate surface area is 106 Å². The van der Waals surface area contributed by atoms with E-state index in [1.165, 1.54) is 64.2 Å². The Morgan fingerprint density at radius 2 is 1.47 bits per heavy atom. The zero-order chi connectivity index (χ0) is 11.9. The van der Waals surface area contributed by atoms with Gasteiger partial charge in [0.1, 0.15) is 0 Å². The first-order valence-electron chi connectivity index (χ1n) is 7.76. The van der Waals surface area contributed by atoms with E-state index in [2.05, 4.69) is 5.32 Å². The van der Waals surface area contributed by atoms with Crippen molar-refractivity contribution in [2.75, 3.05) is 6.54 Å². The number of aliphatic hydroxyl groups is 1. The van der Waals surface area contributed by atoms with E-state index >= 15 is 0 Å². The summed E-state index contributed by atoms with van der Waals surface area (Å²) < 4.78 is 0. The lowest BCUT2D eigenvalue weighted by Crippen LogP contribution is -2.36. The molecular formula is C15H29NO. The van der Waals surface area contributed by atoms with Gasteiger partial charge in [-0.2, -0.15) is 0 Å². The third kappa shape index (κ3) is 4.97. The molecule has 0 aromatic heterocycles. The smallest absolute Gasteiger partial charge is 0.0667 e. The first-order chi connectivity index (χ1) is 8.34. The Morgan fingerprint density at radius 3 is 2.12 bits per heavy atom. The maximum absolute atomic E-state index is 10.0. The van der Waals surface area contributed by atoms with Crippen LogP contribution >= 0.6 is 0 Å². The van der Waals surface area contributed by atoms with Gasteiger partial charge in [0, 0.05) is 12.6 Å². The van der Waals surface area contributed by atoms with Crippen molar-refractivity contribution in [2.45, 2.75) is 82.8 Å². The Morgan fingerprint density at radius 1 is 0.882 bits per heavy atom. The summed E-state index contributed by atoms with van der Waals surface area (Å²) in [6.07, 6.45) is 14.6. The predicted octanol–water partition coefficient (Wildman–Crippen LogP) is 3.24. The third-order valence-corrected chi connectivity index (χ3v) is 4.58. The number of rotatable bonds is 5. The van der Waals surface area contributed by atoms with Gasteiger partial charge in [-0.1, -0.05) is 51.4 Å². The number of nitrogens with one attached hydrogen (secondary N) is 1. The first kappa shape index (κ1) is 13.4. The van der Waals surface area contributed by atoms with Gasteiger partial charge >= 0.3 is 0 Å². The molecule has 0 spiro atoms. The van der Waals surface area contributed by atoms with Crippen molar-refractivity contribution in [1.29, 1.82) is 0 Å². The van der Waals surface area contributed by atoms with Crippen LogP contribution in [-0.4, -0.2) is 23.8 Å². The lowest BCUT2D eigenvalue weighted by molar-refractivity contribution is 0.136. The molecule has 0 radical (unpaired) electrons. The topological polar surface area (TPSA) is 32.3 Å². The standard InChI is InChI=1S/C15H29NO/c17-15(11-13-7-5-6-8-13)12-16-14-9-3-1-2-4-10-14/h13-17H,1-12H2. The lowest BCUT2D eigenvalue weighted by atomic mass is 9.99. The molecule has 0 aliphatic heterocycles. The molecule has 0 saturated heterocycles. The molecule has 2 heteroatoms. The molecule has 2 rings (SSSR count). The second-order valence-corrected chi connectivity index (χ2v) is 6.14. The molecule has 0 aromatic carbocycles. The zero-order valence-corrected chi connectivity index (χ0v) is 11.2. The fourth-order valence-corrected chi connectivity index (χ4v) is 3.50. The Kier molecular flexibility index (Phi) is 5.79. The van der Waals surface area contributed by atoms with Crippen molar-refractivity contribution in [3.05, 3.63) is 0 Å². The number of hydrogen-bond donors (Lipinski definition) is 2. The molecule has 0 heterocycles. The lowest BCUT2D eigenvalue weighted by Gasteiger charge is -2.20. The van der Waals surface area contributed by atoms with Gasteiger partial charge in [-0.3, -0.25) is 0 Å². The van der Waals surface area contributed by atoms with E-state index in [0.717, 1.165) is 18.9 Å². The van der Waals surface area contributed by atoms with E-state index in [1.807, 2.05) is 0 Å². The highest BCUT2D eigenvalue weighted by Crippen LogP contribution is 2.28. The Balaban J connectivity index is 1.59. The highest BCUT2D eigenvalue weighted by Gasteiger charge is 2.19. The molecule has 0 amide bonds. The van der Waals surface area contributed by atoms with Crippen LogP contribution in [0.4, 0.5) is 0 Å². The molecule has 2 saturated carbocycles. The number of hydrogen-bond acceptors (Lipinski definition) is 2. The van der Waals surface area contributed by atoms with Gasteiger partial charge in [0.25, 0.3) is 0 Å². The van der Waals surface area contributed by atoms with Gasteiger partial charge in [0.15, 0.2) is 0 Å². The van der Waals surface area contributed by atoms with Gasteiger partial charge in [-0.25, -0.2) is 0 Å². The van der Waals surface area contributed by atoms with Crippen molar-refractivity contribution < 1.29 is 5.11 Å². The maximum atomic E-state index is 10.0. The molecule has 1 unspecified atom stereocenters. The average molecular weight is 239 g/mol. The summed E-state index contributed by atoms with van der Waals surface area (Å²) >= 11 is 0.